The summed E-state index contributed by atoms with van der Waals surface area (Å²) in [6, 6.07) is 5.96. The van der Waals surface area contributed by atoms with Gasteiger partial charge in [-0.2, -0.15) is 13.2 Å². The van der Waals surface area contributed by atoms with E-state index in [1.807, 2.05) is 6.92 Å². The molecule has 1 saturated heterocycles. The van der Waals surface area contributed by atoms with E-state index < -0.39 is 18.1 Å². The smallest absolute Gasteiger partial charge is 0.365 e. The summed E-state index contributed by atoms with van der Waals surface area (Å²) >= 11 is 0. The lowest BCUT2D eigenvalue weighted by atomic mass is 10.1. The van der Waals surface area contributed by atoms with Gasteiger partial charge < -0.3 is 9.64 Å². The van der Waals surface area contributed by atoms with Crippen molar-refractivity contribution in [3.05, 3.63) is 35.6 Å². The van der Waals surface area contributed by atoms with Crippen LogP contribution in [0.2, 0.25) is 0 Å². The van der Waals surface area contributed by atoms with Crippen molar-refractivity contribution in [1.29, 1.82) is 0 Å². The predicted octanol–water partition coefficient (Wildman–Crippen LogP) is 3.45. The number of nitrogens with zero attached hydrogens (tertiary/aromatic N) is 2. The largest absolute Gasteiger partial charge is 0.416 e. The van der Waals surface area contributed by atoms with Gasteiger partial charge in [0.25, 0.3) is 0 Å². The van der Waals surface area contributed by atoms with Gasteiger partial charge in [-0.15, -0.1) is 0 Å². The summed E-state index contributed by atoms with van der Waals surface area (Å²) in [5.74, 6) is -0.0140. The molecule has 22 heavy (non-hydrogen) atoms. The fourth-order valence-electron chi connectivity index (χ4n) is 2.58. The molecule has 1 aliphatic heterocycles. The maximum atomic E-state index is 13.3. The van der Waals surface area contributed by atoms with Crippen LogP contribution in [-0.2, 0) is 4.74 Å². The lowest BCUT2D eigenvalue weighted by molar-refractivity contribution is -0.221. The fraction of sp³-hybridized carbons (Fsp3) is 0.400. The van der Waals surface area contributed by atoms with E-state index in [0.717, 1.165) is 10.9 Å². The molecular weight excluding hydrogens is 300 g/mol. The third-order valence-corrected chi connectivity index (χ3v) is 3.72. The van der Waals surface area contributed by atoms with Crippen molar-refractivity contribution in [3.8, 4) is 0 Å². The van der Waals surface area contributed by atoms with Crippen molar-refractivity contribution in [2.45, 2.75) is 19.2 Å². The van der Waals surface area contributed by atoms with Crippen molar-refractivity contribution in [2.24, 2.45) is 0 Å². The highest BCUT2D eigenvalue weighted by Crippen LogP contribution is 2.29. The summed E-state index contributed by atoms with van der Waals surface area (Å²) in [6.07, 6.45) is -6.23. The van der Waals surface area contributed by atoms with Crippen molar-refractivity contribution in [1.82, 2.24) is 4.98 Å². The number of hydrogen-bond donors (Lipinski definition) is 0. The van der Waals surface area contributed by atoms with E-state index in [0.29, 0.717) is 17.9 Å². The fourth-order valence-corrected chi connectivity index (χ4v) is 2.58. The van der Waals surface area contributed by atoms with Crippen LogP contribution in [-0.4, -0.2) is 37.0 Å². The zero-order valence-electron chi connectivity index (χ0n) is 11.8. The number of anilines is 1. The molecule has 118 valence electrons. The van der Waals surface area contributed by atoms with Gasteiger partial charge in [0, 0.05) is 18.0 Å². The molecule has 0 amide bonds. The number of fused-ring (bicyclic) bond motifs is 1. The molecule has 1 aromatic heterocycles. The minimum Gasteiger partial charge on any atom is -0.365 e. The lowest BCUT2D eigenvalue weighted by Crippen LogP contribution is -2.49. The number of aryl methyl sites for hydroxylation is 1. The maximum Gasteiger partial charge on any atom is 0.416 e. The Morgan fingerprint density at radius 1 is 1.27 bits per heavy atom. The van der Waals surface area contributed by atoms with Crippen LogP contribution in [0.15, 0.2) is 24.3 Å². The van der Waals surface area contributed by atoms with Crippen molar-refractivity contribution in [3.63, 3.8) is 0 Å². The molecule has 0 aliphatic carbocycles. The minimum atomic E-state index is -4.41. The van der Waals surface area contributed by atoms with Crippen molar-refractivity contribution >= 4 is 16.7 Å². The number of aromatic nitrogens is 1. The Kier molecular flexibility index (Phi) is 3.68. The highest BCUT2D eigenvalue weighted by molar-refractivity contribution is 5.84. The molecule has 0 saturated carbocycles. The molecule has 1 aromatic carbocycles. The molecule has 1 atom stereocenters. The first-order valence-corrected chi connectivity index (χ1v) is 6.85. The molecule has 1 fully saturated rings. The Bertz CT molecular complexity index is 702. The molecule has 2 aromatic rings. The summed E-state index contributed by atoms with van der Waals surface area (Å²) in [5, 5.41) is 0.783. The van der Waals surface area contributed by atoms with Crippen LogP contribution in [0.3, 0.4) is 0 Å². The molecular formula is C15H14F4N2O. The number of rotatable bonds is 1. The van der Waals surface area contributed by atoms with Gasteiger partial charge in [-0.1, -0.05) is 0 Å². The van der Waals surface area contributed by atoms with Crippen LogP contribution >= 0.6 is 0 Å². The Labute approximate surface area is 124 Å². The van der Waals surface area contributed by atoms with Crippen LogP contribution in [0.1, 0.15) is 5.56 Å². The van der Waals surface area contributed by atoms with E-state index in [1.165, 1.54) is 17.0 Å². The van der Waals surface area contributed by atoms with Crippen LogP contribution in [0.25, 0.3) is 10.9 Å². The summed E-state index contributed by atoms with van der Waals surface area (Å²) in [6.45, 7) is 1.82. The number of alkyl halides is 3. The van der Waals surface area contributed by atoms with Crippen LogP contribution < -0.4 is 4.90 Å². The van der Waals surface area contributed by atoms with Crippen LogP contribution in [0, 0.1) is 12.7 Å². The molecule has 3 rings (SSSR count). The van der Waals surface area contributed by atoms with Crippen LogP contribution in [0.5, 0.6) is 0 Å². The maximum absolute atomic E-state index is 13.3. The van der Waals surface area contributed by atoms with E-state index in [1.54, 1.807) is 12.1 Å². The summed E-state index contributed by atoms with van der Waals surface area (Å²) in [5.41, 5.74) is 1.28. The molecule has 0 bridgehead atoms. The first-order chi connectivity index (χ1) is 10.3. The monoisotopic (exact) mass is 314 g/mol. The molecule has 1 unspecified atom stereocenters. The lowest BCUT2D eigenvalue weighted by Gasteiger charge is -2.34. The zero-order valence-corrected chi connectivity index (χ0v) is 11.8. The van der Waals surface area contributed by atoms with Gasteiger partial charge in [-0.3, -0.25) is 0 Å². The molecule has 7 heteroatoms. The second-order valence-corrected chi connectivity index (χ2v) is 5.31. The second kappa shape index (κ2) is 5.39. The molecule has 2 heterocycles. The second-order valence-electron chi connectivity index (χ2n) is 5.31. The molecule has 0 radical (unpaired) electrons. The highest BCUT2D eigenvalue weighted by atomic mass is 19.4. The molecule has 0 spiro atoms. The Morgan fingerprint density at radius 2 is 2.05 bits per heavy atom. The third kappa shape index (κ3) is 2.85. The van der Waals surface area contributed by atoms with E-state index >= 15 is 0 Å². The standard InChI is InChI=1S/C15H14F4N2O/c1-9-6-14(20-12-7-10(16)2-3-11(9)12)21-4-5-22-13(8-21)15(17,18)19/h2-3,6-7,13H,4-5,8H2,1H3. The number of hydrogen-bond acceptors (Lipinski definition) is 3. The minimum absolute atomic E-state index is 0.0217. The average molecular weight is 314 g/mol. The van der Waals surface area contributed by atoms with Gasteiger partial charge in [0.05, 0.1) is 18.7 Å². The quantitative estimate of drug-likeness (QED) is 0.754. The number of pyridine rings is 1. The van der Waals surface area contributed by atoms with Crippen LogP contribution in [0.4, 0.5) is 23.4 Å². The SMILES string of the molecule is Cc1cc(N2CCOC(C(F)(F)F)C2)nc2cc(F)ccc12. The summed E-state index contributed by atoms with van der Waals surface area (Å²) < 4.78 is 56.5. The molecule has 1 aliphatic rings. The highest BCUT2D eigenvalue weighted by Gasteiger charge is 2.43. The summed E-state index contributed by atoms with van der Waals surface area (Å²) in [7, 11) is 0. The van der Waals surface area contributed by atoms with E-state index in [9.17, 15) is 17.6 Å². The molecule has 3 nitrogen and oxygen atoms in total. The van der Waals surface area contributed by atoms with Gasteiger partial charge >= 0.3 is 6.18 Å². The normalized spacial score (nSPS) is 19.7. The number of morpholine rings is 1. The Morgan fingerprint density at radius 3 is 2.77 bits per heavy atom. The van der Waals surface area contributed by atoms with Gasteiger partial charge in [0.2, 0.25) is 0 Å². The Balaban J connectivity index is 1.96. The first-order valence-electron chi connectivity index (χ1n) is 6.85. The van der Waals surface area contributed by atoms with Crippen molar-refractivity contribution < 1.29 is 22.3 Å². The van der Waals surface area contributed by atoms with E-state index in [4.69, 9.17) is 4.74 Å². The van der Waals surface area contributed by atoms with E-state index in [-0.39, 0.29) is 13.2 Å². The van der Waals surface area contributed by atoms with E-state index in [2.05, 4.69) is 4.98 Å². The zero-order chi connectivity index (χ0) is 15.9. The average Bonchev–Trinajstić information content (AvgIpc) is 2.46. The van der Waals surface area contributed by atoms with Gasteiger partial charge in [-0.05, 0) is 30.7 Å². The van der Waals surface area contributed by atoms with Gasteiger partial charge in [0.1, 0.15) is 11.6 Å². The van der Waals surface area contributed by atoms with Gasteiger partial charge in [0.15, 0.2) is 6.10 Å². The third-order valence-electron chi connectivity index (χ3n) is 3.72. The topological polar surface area (TPSA) is 25.4 Å². The first kappa shape index (κ1) is 15.0. The van der Waals surface area contributed by atoms with Gasteiger partial charge in [-0.25, -0.2) is 9.37 Å². The number of ether oxygens (including phenoxy) is 1. The van der Waals surface area contributed by atoms with Crippen molar-refractivity contribution in [2.75, 3.05) is 24.6 Å². The Hall–Kier alpha value is -1.89. The number of benzene rings is 1. The number of halogens is 4. The molecule has 0 N–H and O–H groups in total. The predicted molar refractivity (Wildman–Crippen MR) is 74.4 cm³/mol. The summed E-state index contributed by atoms with van der Waals surface area (Å²) in [4.78, 5) is 5.83.